The molecule has 0 bridgehead atoms. The second-order valence-corrected chi connectivity index (χ2v) is 8.02. The van der Waals surface area contributed by atoms with E-state index in [2.05, 4.69) is 21.3 Å². The molecule has 6 nitrogen and oxygen atoms in total. The van der Waals surface area contributed by atoms with Gasteiger partial charge in [0.05, 0.1) is 11.8 Å². The Kier molecular flexibility index (Phi) is 5.05. The van der Waals surface area contributed by atoms with Crippen molar-refractivity contribution in [2.24, 2.45) is 0 Å². The third kappa shape index (κ3) is 3.59. The number of carbonyl (C=O) groups excluding carboxylic acids is 1. The molecule has 1 atom stereocenters. The molecule has 25 heavy (non-hydrogen) atoms. The van der Waals surface area contributed by atoms with Crippen LogP contribution in [0.5, 0.6) is 0 Å². The lowest BCUT2D eigenvalue weighted by atomic mass is 10.1. The van der Waals surface area contributed by atoms with Crippen molar-refractivity contribution in [3.63, 3.8) is 0 Å². The highest BCUT2D eigenvalue weighted by Crippen LogP contribution is 2.22. The number of imidazole rings is 1. The van der Waals surface area contributed by atoms with Gasteiger partial charge in [-0.15, -0.1) is 11.3 Å². The lowest BCUT2D eigenvalue weighted by molar-refractivity contribution is 0.0711. The van der Waals surface area contributed by atoms with E-state index in [1.165, 1.54) is 6.42 Å². The first kappa shape index (κ1) is 17.0. The van der Waals surface area contributed by atoms with E-state index in [1.807, 2.05) is 16.5 Å². The van der Waals surface area contributed by atoms with E-state index in [0.717, 1.165) is 62.6 Å². The molecule has 7 heteroatoms. The van der Waals surface area contributed by atoms with Crippen molar-refractivity contribution in [1.29, 1.82) is 0 Å². The Morgan fingerprint density at radius 3 is 2.96 bits per heavy atom. The highest BCUT2D eigenvalue weighted by atomic mass is 32.1. The number of carbonyl (C=O) groups is 1. The first-order chi connectivity index (χ1) is 12.2. The molecule has 2 aromatic rings. The molecule has 2 aliphatic rings. The first-order valence-electron chi connectivity index (χ1n) is 9.26. The molecule has 0 aliphatic carbocycles. The summed E-state index contributed by atoms with van der Waals surface area (Å²) >= 11 is 1.58. The Hall–Kier alpha value is -1.44. The number of likely N-dealkylation sites (tertiary alicyclic amines) is 1. The predicted octanol–water partition coefficient (Wildman–Crippen LogP) is 2.63. The highest BCUT2D eigenvalue weighted by molar-refractivity contribution is 7.15. The largest absolute Gasteiger partial charge is 0.377 e. The summed E-state index contributed by atoms with van der Waals surface area (Å²) in [4.78, 5) is 22.8. The van der Waals surface area contributed by atoms with Crippen LogP contribution in [0, 0.1) is 0 Å². The van der Waals surface area contributed by atoms with Crippen LogP contribution in [-0.2, 0) is 11.3 Å². The Labute approximate surface area is 152 Å². The summed E-state index contributed by atoms with van der Waals surface area (Å²) in [6, 6.07) is 0. The minimum atomic E-state index is 0.0936. The van der Waals surface area contributed by atoms with Crippen molar-refractivity contribution in [3.8, 4) is 0 Å². The van der Waals surface area contributed by atoms with E-state index in [1.54, 1.807) is 11.3 Å². The number of ether oxygens (including phenoxy) is 1. The summed E-state index contributed by atoms with van der Waals surface area (Å²) in [7, 11) is 2.10. The molecule has 2 fully saturated rings. The molecule has 0 N–H and O–H groups in total. The second kappa shape index (κ2) is 7.43. The fourth-order valence-electron chi connectivity index (χ4n) is 3.86. The smallest absolute Gasteiger partial charge is 0.274 e. The van der Waals surface area contributed by atoms with Gasteiger partial charge in [-0.2, -0.15) is 0 Å². The van der Waals surface area contributed by atoms with E-state index < -0.39 is 0 Å². The Morgan fingerprint density at radius 2 is 2.20 bits per heavy atom. The summed E-state index contributed by atoms with van der Waals surface area (Å²) < 4.78 is 7.83. The summed E-state index contributed by atoms with van der Waals surface area (Å²) in [6.45, 7) is 4.20. The summed E-state index contributed by atoms with van der Waals surface area (Å²) in [5.41, 5.74) is 1.64. The maximum atomic E-state index is 13.0. The topological polar surface area (TPSA) is 50.1 Å². The van der Waals surface area contributed by atoms with Crippen molar-refractivity contribution in [2.75, 3.05) is 33.3 Å². The van der Waals surface area contributed by atoms with Crippen molar-refractivity contribution in [3.05, 3.63) is 23.0 Å². The SMILES string of the molecule is CN(Cc1c(C(=O)N2CCCCC2)nc2sccn12)C[C@H]1CCCO1. The van der Waals surface area contributed by atoms with Crippen LogP contribution in [0.2, 0.25) is 0 Å². The monoisotopic (exact) mass is 362 g/mol. The van der Waals surface area contributed by atoms with Crippen LogP contribution in [0.3, 0.4) is 0 Å². The van der Waals surface area contributed by atoms with Crippen molar-refractivity contribution in [2.45, 2.75) is 44.8 Å². The van der Waals surface area contributed by atoms with Gasteiger partial charge in [-0.1, -0.05) is 0 Å². The number of aromatic nitrogens is 2. The number of nitrogens with zero attached hydrogens (tertiary/aromatic N) is 4. The van der Waals surface area contributed by atoms with E-state index in [4.69, 9.17) is 4.74 Å². The molecule has 0 saturated carbocycles. The molecule has 0 radical (unpaired) electrons. The zero-order valence-corrected chi connectivity index (χ0v) is 15.6. The standard InChI is InChI=1S/C18H26N4O2S/c1-20(12-14-6-5-10-24-14)13-15-16(19-18-22(15)9-11-25-18)17(23)21-7-3-2-4-8-21/h9,11,14H,2-8,10,12-13H2,1H3/t14-/m1/s1. The van der Waals surface area contributed by atoms with Gasteiger partial charge < -0.3 is 9.64 Å². The van der Waals surface area contributed by atoms with Gasteiger partial charge in [0.15, 0.2) is 10.7 Å². The lowest BCUT2D eigenvalue weighted by Crippen LogP contribution is -2.37. The van der Waals surface area contributed by atoms with Gasteiger partial charge >= 0.3 is 0 Å². The van der Waals surface area contributed by atoms with Crippen LogP contribution in [-0.4, -0.2) is 64.5 Å². The van der Waals surface area contributed by atoms with Crippen LogP contribution in [0.1, 0.15) is 48.3 Å². The number of likely N-dealkylation sites (N-methyl/N-ethyl adjacent to an activating group) is 1. The number of piperidine rings is 1. The van der Waals surface area contributed by atoms with Gasteiger partial charge in [0, 0.05) is 44.4 Å². The molecule has 4 heterocycles. The Balaban J connectivity index is 1.55. The fourth-order valence-corrected chi connectivity index (χ4v) is 4.59. The number of hydrogen-bond donors (Lipinski definition) is 0. The van der Waals surface area contributed by atoms with Gasteiger partial charge in [0.1, 0.15) is 0 Å². The van der Waals surface area contributed by atoms with Gasteiger partial charge in [-0.25, -0.2) is 4.98 Å². The lowest BCUT2D eigenvalue weighted by Gasteiger charge is -2.27. The molecular weight excluding hydrogens is 336 g/mol. The molecule has 136 valence electrons. The number of amides is 1. The molecule has 0 spiro atoms. The zero-order valence-electron chi connectivity index (χ0n) is 14.8. The summed E-state index contributed by atoms with van der Waals surface area (Å²) in [6.07, 6.45) is 8.04. The molecule has 2 saturated heterocycles. The van der Waals surface area contributed by atoms with Crippen molar-refractivity contribution in [1.82, 2.24) is 19.2 Å². The average Bonchev–Trinajstić information content (AvgIpc) is 3.34. The Morgan fingerprint density at radius 1 is 1.36 bits per heavy atom. The molecule has 1 amide bonds. The maximum absolute atomic E-state index is 13.0. The quantitative estimate of drug-likeness (QED) is 0.820. The molecule has 2 aromatic heterocycles. The van der Waals surface area contributed by atoms with Crippen molar-refractivity contribution >= 4 is 22.2 Å². The van der Waals surface area contributed by atoms with Crippen LogP contribution >= 0.6 is 11.3 Å². The fraction of sp³-hybridized carbons (Fsp3) is 0.667. The first-order valence-corrected chi connectivity index (χ1v) is 10.1. The molecular formula is C18H26N4O2S. The van der Waals surface area contributed by atoms with Crippen molar-refractivity contribution < 1.29 is 9.53 Å². The molecule has 0 aromatic carbocycles. The second-order valence-electron chi connectivity index (χ2n) is 7.15. The average molecular weight is 362 g/mol. The van der Waals surface area contributed by atoms with Gasteiger partial charge in [-0.3, -0.25) is 14.1 Å². The van der Waals surface area contributed by atoms with Gasteiger partial charge in [0.2, 0.25) is 0 Å². The highest BCUT2D eigenvalue weighted by Gasteiger charge is 2.27. The van der Waals surface area contributed by atoms with Crippen LogP contribution in [0.4, 0.5) is 0 Å². The minimum Gasteiger partial charge on any atom is -0.377 e. The summed E-state index contributed by atoms with van der Waals surface area (Å²) in [5.74, 6) is 0.0936. The summed E-state index contributed by atoms with van der Waals surface area (Å²) in [5, 5.41) is 2.03. The van der Waals surface area contributed by atoms with Crippen LogP contribution in [0.15, 0.2) is 11.6 Å². The minimum absolute atomic E-state index is 0.0936. The normalized spacial score (nSPS) is 21.5. The number of thiazole rings is 1. The van der Waals surface area contributed by atoms with E-state index in [-0.39, 0.29) is 5.91 Å². The Bertz CT molecular complexity index is 729. The van der Waals surface area contributed by atoms with E-state index in [0.29, 0.717) is 18.3 Å². The molecule has 2 aliphatic heterocycles. The van der Waals surface area contributed by atoms with Crippen LogP contribution < -0.4 is 0 Å². The van der Waals surface area contributed by atoms with Gasteiger partial charge in [0.25, 0.3) is 5.91 Å². The number of rotatable bonds is 5. The van der Waals surface area contributed by atoms with Gasteiger partial charge in [-0.05, 0) is 39.2 Å². The predicted molar refractivity (Wildman–Crippen MR) is 98.1 cm³/mol. The number of fused-ring (bicyclic) bond motifs is 1. The van der Waals surface area contributed by atoms with Crippen LogP contribution in [0.25, 0.3) is 4.96 Å². The molecule has 4 rings (SSSR count). The molecule has 0 unspecified atom stereocenters. The van der Waals surface area contributed by atoms with E-state index >= 15 is 0 Å². The maximum Gasteiger partial charge on any atom is 0.274 e. The third-order valence-electron chi connectivity index (χ3n) is 5.17. The zero-order chi connectivity index (χ0) is 17.2. The third-order valence-corrected chi connectivity index (χ3v) is 5.92. The number of hydrogen-bond acceptors (Lipinski definition) is 5. The van der Waals surface area contributed by atoms with E-state index in [9.17, 15) is 4.79 Å².